The topological polar surface area (TPSA) is 96.7 Å². The maximum absolute atomic E-state index is 14.7. The van der Waals surface area contributed by atoms with E-state index in [1.807, 2.05) is 11.8 Å². The highest BCUT2D eigenvalue weighted by atomic mass is 19.1. The number of piperazine rings is 1. The SMILES string of the molecule is CCn1cc(OC(=O)O)c(=O)c2cc(F)c(N3CC4CC3CN4)nc21. The van der Waals surface area contributed by atoms with Crippen molar-refractivity contribution in [2.45, 2.75) is 32.0 Å². The molecule has 0 radical (unpaired) electrons. The molecule has 4 heterocycles. The van der Waals surface area contributed by atoms with Crippen LogP contribution in [0.4, 0.5) is 15.0 Å². The van der Waals surface area contributed by atoms with E-state index < -0.39 is 17.4 Å². The molecule has 0 amide bonds. The van der Waals surface area contributed by atoms with Gasteiger partial charge in [-0.25, -0.2) is 14.2 Å². The molecular formula is C16H17FN4O4. The summed E-state index contributed by atoms with van der Waals surface area (Å²) >= 11 is 0. The van der Waals surface area contributed by atoms with Crippen LogP contribution in [0.5, 0.6) is 5.75 Å². The first-order valence-corrected chi connectivity index (χ1v) is 8.12. The maximum Gasteiger partial charge on any atom is 0.511 e. The molecule has 25 heavy (non-hydrogen) atoms. The summed E-state index contributed by atoms with van der Waals surface area (Å²) in [6.45, 7) is 3.71. The number of aryl methyl sites for hydroxylation is 1. The molecule has 2 aromatic rings. The minimum absolute atomic E-state index is 0.00401. The minimum atomic E-state index is -1.59. The molecule has 0 aromatic carbocycles. The van der Waals surface area contributed by atoms with Gasteiger partial charge in [-0.2, -0.15) is 0 Å². The Balaban J connectivity index is 1.88. The normalized spacial score (nSPS) is 21.9. The first kappa shape index (κ1) is 15.8. The summed E-state index contributed by atoms with van der Waals surface area (Å²) in [5.41, 5.74) is -0.373. The Morgan fingerprint density at radius 2 is 2.36 bits per heavy atom. The van der Waals surface area contributed by atoms with E-state index in [0.717, 1.165) is 19.0 Å². The molecule has 2 fully saturated rings. The number of nitrogens with one attached hydrogen (secondary N) is 1. The van der Waals surface area contributed by atoms with Gasteiger partial charge in [-0.3, -0.25) is 4.79 Å². The predicted molar refractivity (Wildman–Crippen MR) is 87.8 cm³/mol. The monoisotopic (exact) mass is 348 g/mol. The van der Waals surface area contributed by atoms with Crippen molar-refractivity contribution in [3.05, 3.63) is 28.3 Å². The molecule has 132 valence electrons. The molecule has 0 aliphatic carbocycles. The smallest absolute Gasteiger partial charge is 0.449 e. The number of rotatable bonds is 3. The van der Waals surface area contributed by atoms with Gasteiger partial charge in [0, 0.05) is 31.7 Å². The zero-order valence-electron chi connectivity index (χ0n) is 13.5. The van der Waals surface area contributed by atoms with Crippen molar-refractivity contribution in [1.82, 2.24) is 14.9 Å². The van der Waals surface area contributed by atoms with Gasteiger partial charge in [0.2, 0.25) is 5.43 Å². The van der Waals surface area contributed by atoms with Gasteiger partial charge in [-0.15, -0.1) is 0 Å². The summed E-state index contributed by atoms with van der Waals surface area (Å²) in [4.78, 5) is 29.5. The second kappa shape index (κ2) is 5.69. The Labute approximate surface area is 141 Å². The van der Waals surface area contributed by atoms with E-state index in [9.17, 15) is 14.0 Å². The average molecular weight is 348 g/mol. The standard InChI is InChI=1S/C16H17FN4O4/c1-2-20-7-12(25-16(23)24)13(22)10-4-11(17)15(19-14(10)20)21-6-8-3-9(21)5-18-8/h4,7-9,18H,2-3,5-6H2,1H3,(H,23,24). The summed E-state index contributed by atoms with van der Waals surface area (Å²) in [5, 5.41) is 12.1. The largest absolute Gasteiger partial charge is 0.511 e. The Morgan fingerprint density at radius 1 is 1.56 bits per heavy atom. The summed E-state index contributed by atoms with van der Waals surface area (Å²) in [6, 6.07) is 1.66. The van der Waals surface area contributed by atoms with Gasteiger partial charge in [-0.1, -0.05) is 0 Å². The highest BCUT2D eigenvalue weighted by Gasteiger charge is 2.39. The third-order valence-electron chi connectivity index (χ3n) is 4.82. The molecule has 9 heteroatoms. The van der Waals surface area contributed by atoms with E-state index in [-0.39, 0.29) is 23.0 Å². The van der Waals surface area contributed by atoms with E-state index in [1.165, 1.54) is 6.20 Å². The molecule has 0 spiro atoms. The number of hydrogen-bond acceptors (Lipinski definition) is 6. The number of carbonyl (C=O) groups is 1. The van der Waals surface area contributed by atoms with Crippen molar-refractivity contribution in [3.63, 3.8) is 0 Å². The maximum atomic E-state index is 14.7. The number of aromatic nitrogens is 2. The van der Waals surface area contributed by atoms with Gasteiger partial charge in [0.15, 0.2) is 17.4 Å². The Bertz CT molecular complexity index is 928. The van der Waals surface area contributed by atoms with Gasteiger partial charge in [-0.05, 0) is 19.4 Å². The summed E-state index contributed by atoms with van der Waals surface area (Å²) < 4.78 is 20.8. The van der Waals surface area contributed by atoms with Crippen molar-refractivity contribution in [1.29, 1.82) is 0 Å². The van der Waals surface area contributed by atoms with Gasteiger partial charge in [0.25, 0.3) is 0 Å². The molecular weight excluding hydrogens is 331 g/mol. The molecule has 2 N–H and O–H groups in total. The minimum Gasteiger partial charge on any atom is -0.449 e. The van der Waals surface area contributed by atoms with Crippen LogP contribution in [0.25, 0.3) is 11.0 Å². The molecule has 8 nitrogen and oxygen atoms in total. The summed E-state index contributed by atoms with van der Waals surface area (Å²) in [6.07, 6.45) is 0.653. The number of pyridine rings is 2. The number of fused-ring (bicyclic) bond motifs is 3. The molecule has 2 aromatic heterocycles. The van der Waals surface area contributed by atoms with Crippen LogP contribution in [0.15, 0.2) is 17.1 Å². The molecule has 2 atom stereocenters. The zero-order chi connectivity index (χ0) is 17.7. The fourth-order valence-electron chi connectivity index (χ4n) is 3.68. The lowest BCUT2D eigenvalue weighted by atomic mass is 10.2. The van der Waals surface area contributed by atoms with Gasteiger partial charge >= 0.3 is 6.16 Å². The lowest BCUT2D eigenvalue weighted by molar-refractivity contribution is 0.144. The van der Waals surface area contributed by atoms with E-state index in [1.54, 1.807) is 4.57 Å². The number of hydrogen-bond donors (Lipinski definition) is 2. The van der Waals surface area contributed by atoms with Crippen molar-refractivity contribution >= 4 is 23.0 Å². The van der Waals surface area contributed by atoms with Crippen molar-refractivity contribution in [2.24, 2.45) is 0 Å². The van der Waals surface area contributed by atoms with Gasteiger partial charge < -0.3 is 24.6 Å². The first-order valence-electron chi connectivity index (χ1n) is 8.12. The molecule has 2 unspecified atom stereocenters. The molecule has 2 saturated heterocycles. The van der Waals surface area contributed by atoms with Crippen LogP contribution < -0.4 is 20.4 Å². The van der Waals surface area contributed by atoms with E-state index in [4.69, 9.17) is 5.11 Å². The molecule has 2 bridgehead atoms. The second-order valence-electron chi connectivity index (χ2n) is 6.29. The predicted octanol–water partition coefficient (Wildman–Crippen LogP) is 1.16. The van der Waals surface area contributed by atoms with E-state index >= 15 is 0 Å². The third-order valence-corrected chi connectivity index (χ3v) is 4.82. The second-order valence-corrected chi connectivity index (χ2v) is 6.29. The van der Waals surface area contributed by atoms with Crippen molar-refractivity contribution in [2.75, 3.05) is 18.0 Å². The lowest BCUT2D eigenvalue weighted by Gasteiger charge is -2.29. The number of ether oxygens (including phenoxy) is 1. The fourth-order valence-corrected chi connectivity index (χ4v) is 3.68. The highest BCUT2D eigenvalue weighted by Crippen LogP contribution is 2.31. The molecule has 2 aliphatic heterocycles. The Hall–Kier alpha value is -2.68. The van der Waals surface area contributed by atoms with Gasteiger partial charge in [0.05, 0.1) is 11.6 Å². The van der Waals surface area contributed by atoms with Crippen LogP contribution >= 0.6 is 0 Å². The molecule has 0 saturated carbocycles. The van der Waals surface area contributed by atoms with E-state index in [2.05, 4.69) is 15.0 Å². The number of nitrogens with zero attached hydrogens (tertiary/aromatic N) is 3. The molecule has 4 rings (SSSR count). The third kappa shape index (κ3) is 2.51. The summed E-state index contributed by atoms with van der Waals surface area (Å²) in [7, 11) is 0. The lowest BCUT2D eigenvalue weighted by Crippen LogP contribution is -2.44. The van der Waals surface area contributed by atoms with Crippen LogP contribution in [0.3, 0.4) is 0 Å². The fraction of sp³-hybridized carbons (Fsp3) is 0.438. The zero-order valence-corrected chi connectivity index (χ0v) is 13.5. The summed E-state index contributed by atoms with van der Waals surface area (Å²) in [5.74, 6) is -0.720. The number of carboxylic acid groups (broad SMARTS) is 1. The van der Waals surface area contributed by atoms with Crippen LogP contribution in [0.2, 0.25) is 0 Å². The number of halogens is 1. The van der Waals surface area contributed by atoms with Crippen LogP contribution in [0, 0.1) is 5.82 Å². The Kier molecular flexibility index (Phi) is 3.60. The highest BCUT2D eigenvalue weighted by molar-refractivity contribution is 5.79. The van der Waals surface area contributed by atoms with Crippen LogP contribution in [-0.2, 0) is 6.54 Å². The quantitative estimate of drug-likeness (QED) is 0.804. The van der Waals surface area contributed by atoms with Crippen molar-refractivity contribution < 1.29 is 19.0 Å². The Morgan fingerprint density at radius 3 is 2.96 bits per heavy atom. The molecule has 2 aliphatic rings. The van der Waals surface area contributed by atoms with Crippen molar-refractivity contribution in [3.8, 4) is 5.75 Å². The van der Waals surface area contributed by atoms with Crippen LogP contribution in [-0.4, -0.2) is 46.0 Å². The number of anilines is 1. The van der Waals surface area contributed by atoms with Crippen LogP contribution in [0.1, 0.15) is 13.3 Å². The van der Waals surface area contributed by atoms with Gasteiger partial charge in [0.1, 0.15) is 5.65 Å². The average Bonchev–Trinajstić information content (AvgIpc) is 3.20. The van der Waals surface area contributed by atoms with E-state index in [0.29, 0.717) is 24.8 Å². The first-order chi connectivity index (χ1) is 12.0.